The lowest BCUT2D eigenvalue weighted by Gasteiger charge is -2.23. The SMILES string of the molecule is CCCN(CCc1ccccn1)C(=O)CCNC(=O)C(C)(C)C. The van der Waals surface area contributed by atoms with Gasteiger partial charge in [-0.05, 0) is 18.6 Å². The van der Waals surface area contributed by atoms with Crippen molar-refractivity contribution in [1.29, 1.82) is 0 Å². The summed E-state index contributed by atoms with van der Waals surface area (Å²) in [5.41, 5.74) is 0.563. The fourth-order valence-electron chi connectivity index (χ4n) is 2.13. The maximum Gasteiger partial charge on any atom is 0.225 e. The molecule has 5 heteroatoms. The van der Waals surface area contributed by atoms with Gasteiger partial charge < -0.3 is 10.2 Å². The Morgan fingerprint density at radius 2 is 1.96 bits per heavy atom. The number of carbonyl (C=O) groups is 2. The third-order valence-electron chi connectivity index (χ3n) is 3.52. The third-order valence-corrected chi connectivity index (χ3v) is 3.52. The molecule has 2 amide bonds. The van der Waals surface area contributed by atoms with Crippen LogP contribution in [0.15, 0.2) is 24.4 Å². The molecule has 1 N–H and O–H groups in total. The molecule has 0 aromatic carbocycles. The van der Waals surface area contributed by atoms with Crippen LogP contribution in [0.4, 0.5) is 0 Å². The summed E-state index contributed by atoms with van der Waals surface area (Å²) in [5.74, 6) is 0.0535. The molecule has 1 aromatic heterocycles. The highest BCUT2D eigenvalue weighted by atomic mass is 16.2. The van der Waals surface area contributed by atoms with Gasteiger partial charge in [0.05, 0.1) is 0 Å². The van der Waals surface area contributed by atoms with Gasteiger partial charge in [0, 0.05) is 49.8 Å². The molecule has 0 spiro atoms. The van der Waals surface area contributed by atoms with Crippen molar-refractivity contribution in [1.82, 2.24) is 15.2 Å². The lowest BCUT2D eigenvalue weighted by molar-refractivity contribution is -0.131. The molecule has 0 radical (unpaired) electrons. The van der Waals surface area contributed by atoms with Crippen LogP contribution in [0.25, 0.3) is 0 Å². The summed E-state index contributed by atoms with van der Waals surface area (Å²) < 4.78 is 0. The van der Waals surface area contributed by atoms with Crippen LogP contribution >= 0.6 is 0 Å². The molecule has 0 aliphatic carbocycles. The van der Waals surface area contributed by atoms with Crippen LogP contribution in [-0.4, -0.2) is 41.3 Å². The van der Waals surface area contributed by atoms with Crippen molar-refractivity contribution in [2.24, 2.45) is 5.41 Å². The quantitative estimate of drug-likeness (QED) is 0.800. The van der Waals surface area contributed by atoms with Crippen LogP contribution in [0, 0.1) is 5.41 Å². The van der Waals surface area contributed by atoms with Crippen molar-refractivity contribution in [3.05, 3.63) is 30.1 Å². The predicted molar refractivity (Wildman–Crippen MR) is 91.9 cm³/mol. The molecule has 23 heavy (non-hydrogen) atoms. The summed E-state index contributed by atoms with van der Waals surface area (Å²) in [7, 11) is 0. The summed E-state index contributed by atoms with van der Waals surface area (Å²) in [6, 6.07) is 5.81. The maximum atomic E-state index is 12.3. The van der Waals surface area contributed by atoms with Crippen molar-refractivity contribution in [2.45, 2.75) is 47.0 Å². The number of amides is 2. The van der Waals surface area contributed by atoms with Crippen LogP contribution in [0.3, 0.4) is 0 Å². The van der Waals surface area contributed by atoms with Crippen LogP contribution in [-0.2, 0) is 16.0 Å². The van der Waals surface area contributed by atoms with E-state index in [0.717, 1.165) is 25.1 Å². The number of hydrogen-bond acceptors (Lipinski definition) is 3. The molecule has 0 saturated heterocycles. The summed E-state index contributed by atoms with van der Waals surface area (Å²) >= 11 is 0. The van der Waals surface area contributed by atoms with Crippen LogP contribution in [0.5, 0.6) is 0 Å². The van der Waals surface area contributed by atoms with E-state index in [4.69, 9.17) is 0 Å². The molecule has 0 saturated carbocycles. The highest BCUT2D eigenvalue weighted by molar-refractivity contribution is 5.82. The molecule has 0 bridgehead atoms. The lowest BCUT2D eigenvalue weighted by Crippen LogP contribution is -2.39. The number of nitrogens with zero attached hydrogens (tertiary/aromatic N) is 2. The number of aromatic nitrogens is 1. The molecule has 0 atom stereocenters. The van der Waals surface area contributed by atoms with Gasteiger partial charge in [-0.15, -0.1) is 0 Å². The first-order valence-electron chi connectivity index (χ1n) is 8.30. The zero-order valence-electron chi connectivity index (χ0n) is 14.8. The molecule has 0 aliphatic heterocycles. The predicted octanol–water partition coefficient (Wildman–Crippen LogP) is 2.42. The third kappa shape index (κ3) is 7.26. The molecule has 0 aliphatic rings. The Morgan fingerprint density at radius 1 is 1.22 bits per heavy atom. The Kier molecular flexibility index (Phi) is 7.72. The first-order valence-corrected chi connectivity index (χ1v) is 8.30. The minimum atomic E-state index is -0.425. The van der Waals surface area contributed by atoms with Crippen molar-refractivity contribution in [3.63, 3.8) is 0 Å². The van der Waals surface area contributed by atoms with Crippen molar-refractivity contribution in [2.75, 3.05) is 19.6 Å². The van der Waals surface area contributed by atoms with E-state index < -0.39 is 5.41 Å². The lowest BCUT2D eigenvalue weighted by atomic mass is 9.96. The highest BCUT2D eigenvalue weighted by Gasteiger charge is 2.21. The standard InChI is InChI=1S/C18H29N3O2/c1-5-13-21(14-10-15-8-6-7-11-19-15)16(22)9-12-20-17(23)18(2,3)4/h6-8,11H,5,9-10,12-14H2,1-4H3,(H,20,23). The number of nitrogens with one attached hydrogen (secondary N) is 1. The zero-order valence-corrected chi connectivity index (χ0v) is 14.8. The van der Waals surface area contributed by atoms with E-state index in [1.165, 1.54) is 0 Å². The van der Waals surface area contributed by atoms with E-state index >= 15 is 0 Å². The van der Waals surface area contributed by atoms with Crippen LogP contribution < -0.4 is 5.32 Å². The molecule has 0 unspecified atom stereocenters. The molecule has 5 nitrogen and oxygen atoms in total. The Labute approximate surface area is 139 Å². The zero-order chi connectivity index (χ0) is 17.3. The molecule has 1 aromatic rings. The molecule has 0 fully saturated rings. The molecule has 1 rings (SSSR count). The topological polar surface area (TPSA) is 62.3 Å². The van der Waals surface area contributed by atoms with E-state index in [2.05, 4.69) is 17.2 Å². The first-order chi connectivity index (χ1) is 10.8. The van der Waals surface area contributed by atoms with Crippen LogP contribution in [0.2, 0.25) is 0 Å². The van der Waals surface area contributed by atoms with Gasteiger partial charge in [-0.2, -0.15) is 0 Å². The van der Waals surface area contributed by atoms with Gasteiger partial charge in [0.2, 0.25) is 11.8 Å². The smallest absolute Gasteiger partial charge is 0.225 e. The average Bonchev–Trinajstić information content (AvgIpc) is 2.51. The molecule has 128 valence electrons. The normalized spacial score (nSPS) is 11.1. The number of pyridine rings is 1. The monoisotopic (exact) mass is 319 g/mol. The second-order valence-electron chi connectivity index (χ2n) is 6.71. The summed E-state index contributed by atoms with van der Waals surface area (Å²) in [6.45, 7) is 9.43. The van der Waals surface area contributed by atoms with Gasteiger partial charge in [0.15, 0.2) is 0 Å². The van der Waals surface area contributed by atoms with Gasteiger partial charge in [0.25, 0.3) is 0 Å². The number of rotatable bonds is 8. The van der Waals surface area contributed by atoms with Crippen molar-refractivity contribution < 1.29 is 9.59 Å². The van der Waals surface area contributed by atoms with E-state index in [-0.39, 0.29) is 11.8 Å². The van der Waals surface area contributed by atoms with Crippen LogP contribution in [0.1, 0.15) is 46.2 Å². The Bertz CT molecular complexity index is 495. The summed E-state index contributed by atoms with van der Waals surface area (Å²) in [4.78, 5) is 30.3. The second kappa shape index (κ2) is 9.28. The summed E-state index contributed by atoms with van der Waals surface area (Å²) in [5, 5.41) is 2.83. The van der Waals surface area contributed by atoms with Gasteiger partial charge in [-0.25, -0.2) is 0 Å². The highest BCUT2D eigenvalue weighted by Crippen LogP contribution is 2.12. The Balaban J connectivity index is 2.43. The fraction of sp³-hybridized carbons (Fsp3) is 0.611. The molecule has 1 heterocycles. The second-order valence-corrected chi connectivity index (χ2v) is 6.71. The fourth-order valence-corrected chi connectivity index (χ4v) is 2.13. The maximum absolute atomic E-state index is 12.3. The number of hydrogen-bond donors (Lipinski definition) is 1. The van der Waals surface area contributed by atoms with Gasteiger partial charge in [-0.3, -0.25) is 14.6 Å². The molecular weight excluding hydrogens is 290 g/mol. The molecular formula is C18H29N3O2. The van der Waals surface area contributed by atoms with E-state index in [0.29, 0.717) is 19.5 Å². The van der Waals surface area contributed by atoms with Crippen molar-refractivity contribution in [3.8, 4) is 0 Å². The minimum absolute atomic E-state index is 0.0270. The van der Waals surface area contributed by atoms with Gasteiger partial charge >= 0.3 is 0 Å². The van der Waals surface area contributed by atoms with E-state index in [1.54, 1.807) is 6.20 Å². The van der Waals surface area contributed by atoms with Crippen molar-refractivity contribution >= 4 is 11.8 Å². The largest absolute Gasteiger partial charge is 0.355 e. The minimum Gasteiger partial charge on any atom is -0.355 e. The van der Waals surface area contributed by atoms with Gasteiger partial charge in [0.1, 0.15) is 0 Å². The van der Waals surface area contributed by atoms with Gasteiger partial charge in [-0.1, -0.05) is 33.8 Å². The number of carbonyl (C=O) groups excluding carboxylic acids is 2. The van der Waals surface area contributed by atoms with E-state index in [9.17, 15) is 9.59 Å². The van der Waals surface area contributed by atoms with E-state index in [1.807, 2.05) is 43.9 Å². The Hall–Kier alpha value is -1.91. The average molecular weight is 319 g/mol. The summed E-state index contributed by atoms with van der Waals surface area (Å²) in [6.07, 6.45) is 3.77. The Morgan fingerprint density at radius 3 is 2.52 bits per heavy atom. The first kappa shape index (κ1) is 19.1.